The van der Waals surface area contributed by atoms with Crippen molar-refractivity contribution in [3.8, 4) is 0 Å². The fourth-order valence-corrected chi connectivity index (χ4v) is 4.44. The lowest BCUT2D eigenvalue weighted by Crippen LogP contribution is -2.51. The highest BCUT2D eigenvalue weighted by Gasteiger charge is 2.34. The second-order valence-corrected chi connectivity index (χ2v) is 8.05. The minimum absolute atomic E-state index is 0.250. The zero-order valence-electron chi connectivity index (χ0n) is 12.7. The molecule has 130 valence electrons. The highest BCUT2D eigenvalue weighted by molar-refractivity contribution is 7.87. The Morgan fingerprint density at radius 1 is 1.14 bits per heavy atom. The van der Waals surface area contributed by atoms with Crippen LogP contribution in [0.1, 0.15) is 39.0 Å². The van der Waals surface area contributed by atoms with Gasteiger partial charge in [0.05, 0.1) is 0 Å². The molecule has 2 fully saturated rings. The molecule has 0 aromatic carbocycles. The molecule has 0 aromatic heterocycles. The van der Waals surface area contributed by atoms with E-state index in [9.17, 15) is 21.6 Å². The lowest BCUT2D eigenvalue weighted by Gasteiger charge is -2.34. The van der Waals surface area contributed by atoms with Crippen molar-refractivity contribution in [2.75, 3.05) is 19.6 Å². The minimum atomic E-state index is -4.54. The van der Waals surface area contributed by atoms with Crippen LogP contribution >= 0.6 is 0 Å². The second kappa shape index (κ2) is 7.02. The van der Waals surface area contributed by atoms with Gasteiger partial charge in [-0.25, -0.2) is 0 Å². The molecule has 1 aliphatic heterocycles. The summed E-state index contributed by atoms with van der Waals surface area (Å²) in [4.78, 5) is 0. The van der Waals surface area contributed by atoms with Crippen molar-refractivity contribution in [3.63, 3.8) is 0 Å². The number of piperidine rings is 1. The summed E-state index contributed by atoms with van der Waals surface area (Å²) < 4.78 is 62.8. The molecule has 22 heavy (non-hydrogen) atoms. The molecule has 2 rings (SSSR count). The Morgan fingerprint density at radius 2 is 1.77 bits per heavy atom. The first-order chi connectivity index (χ1) is 10.2. The van der Waals surface area contributed by atoms with E-state index >= 15 is 0 Å². The van der Waals surface area contributed by atoms with E-state index in [1.165, 1.54) is 12.8 Å². The van der Waals surface area contributed by atoms with Crippen LogP contribution in [0.2, 0.25) is 0 Å². The summed E-state index contributed by atoms with van der Waals surface area (Å²) in [5.41, 5.74) is 0. The maximum absolute atomic E-state index is 12.1. The maximum Gasteiger partial charge on any atom is 0.402 e. The summed E-state index contributed by atoms with van der Waals surface area (Å²) in [7, 11) is -4.04. The molecule has 0 amide bonds. The molecular formula is C13H24F3N3O2S. The van der Waals surface area contributed by atoms with Crippen LogP contribution in [0.3, 0.4) is 0 Å². The Morgan fingerprint density at radius 3 is 2.27 bits per heavy atom. The number of nitrogens with one attached hydrogen (secondary N) is 2. The molecule has 0 spiro atoms. The van der Waals surface area contributed by atoms with Crippen molar-refractivity contribution < 1.29 is 21.6 Å². The number of rotatable bonds is 5. The van der Waals surface area contributed by atoms with Crippen molar-refractivity contribution in [1.29, 1.82) is 0 Å². The fraction of sp³-hybridized carbons (Fsp3) is 1.00. The number of halogens is 3. The summed E-state index contributed by atoms with van der Waals surface area (Å²) in [6, 6.07) is 0.733. The predicted octanol–water partition coefficient (Wildman–Crippen LogP) is 1.63. The quantitative estimate of drug-likeness (QED) is 0.798. The van der Waals surface area contributed by atoms with E-state index in [0.29, 0.717) is 24.8 Å². The first-order valence-electron chi connectivity index (χ1n) is 7.75. The molecule has 2 aliphatic rings. The number of alkyl halides is 3. The monoisotopic (exact) mass is 343 g/mol. The van der Waals surface area contributed by atoms with Crippen LogP contribution in [-0.4, -0.2) is 50.6 Å². The van der Waals surface area contributed by atoms with E-state index in [-0.39, 0.29) is 19.1 Å². The Hall–Kier alpha value is -0.380. The van der Waals surface area contributed by atoms with Gasteiger partial charge in [0, 0.05) is 25.2 Å². The molecule has 0 aromatic rings. The molecule has 1 aliphatic carbocycles. The standard InChI is InChI=1S/C13H24F3N3O2S/c1-10-3-2-4-12(10)18-11-5-7-19(8-6-11)22(20,21)17-9-13(14,15)16/h10-12,17-18H,2-9H2,1H3/t10-,12+/m1/s1. The number of hydrogen-bond acceptors (Lipinski definition) is 3. The van der Waals surface area contributed by atoms with Gasteiger partial charge in [0.15, 0.2) is 0 Å². The van der Waals surface area contributed by atoms with Crippen LogP contribution in [0, 0.1) is 5.92 Å². The maximum atomic E-state index is 12.1. The molecule has 0 bridgehead atoms. The van der Waals surface area contributed by atoms with Crippen molar-refractivity contribution >= 4 is 10.2 Å². The van der Waals surface area contributed by atoms with E-state index in [1.807, 2.05) is 0 Å². The average molecular weight is 343 g/mol. The molecular weight excluding hydrogens is 319 g/mol. The summed E-state index contributed by atoms with van der Waals surface area (Å²) in [6.45, 7) is 1.20. The third-order valence-corrected chi connectivity index (χ3v) is 6.11. The number of nitrogens with zero attached hydrogens (tertiary/aromatic N) is 1. The van der Waals surface area contributed by atoms with Crippen LogP contribution in [0.4, 0.5) is 13.2 Å². The summed E-state index contributed by atoms with van der Waals surface area (Å²) in [5.74, 6) is 0.634. The fourth-order valence-electron chi connectivity index (χ4n) is 3.22. The Bertz CT molecular complexity index is 462. The molecule has 2 N–H and O–H groups in total. The van der Waals surface area contributed by atoms with Gasteiger partial charge >= 0.3 is 6.18 Å². The smallest absolute Gasteiger partial charge is 0.311 e. The predicted molar refractivity (Wildman–Crippen MR) is 77.5 cm³/mol. The molecule has 1 heterocycles. The van der Waals surface area contributed by atoms with E-state index in [4.69, 9.17) is 0 Å². The Labute approximate surface area is 129 Å². The van der Waals surface area contributed by atoms with Crippen LogP contribution in [0.15, 0.2) is 0 Å². The zero-order valence-corrected chi connectivity index (χ0v) is 13.5. The van der Waals surface area contributed by atoms with Gasteiger partial charge in [0.25, 0.3) is 10.2 Å². The normalized spacial score (nSPS) is 29.1. The highest BCUT2D eigenvalue weighted by atomic mass is 32.2. The van der Waals surface area contributed by atoms with Crippen molar-refractivity contribution in [2.45, 2.75) is 57.3 Å². The highest BCUT2D eigenvalue weighted by Crippen LogP contribution is 2.26. The van der Waals surface area contributed by atoms with Gasteiger partial charge in [0.1, 0.15) is 6.54 Å². The van der Waals surface area contributed by atoms with Gasteiger partial charge < -0.3 is 5.32 Å². The first-order valence-corrected chi connectivity index (χ1v) is 9.19. The average Bonchev–Trinajstić information content (AvgIpc) is 2.82. The van der Waals surface area contributed by atoms with Crippen LogP contribution < -0.4 is 10.0 Å². The van der Waals surface area contributed by atoms with E-state index < -0.39 is 22.9 Å². The molecule has 1 saturated carbocycles. The first kappa shape index (κ1) is 18.0. The lowest BCUT2D eigenvalue weighted by molar-refractivity contribution is -0.121. The van der Waals surface area contributed by atoms with Gasteiger partial charge in [-0.05, 0) is 31.6 Å². The molecule has 5 nitrogen and oxygen atoms in total. The summed E-state index contributed by atoms with van der Waals surface area (Å²) in [5, 5.41) is 3.57. The Balaban J connectivity index is 1.78. The molecule has 2 atom stereocenters. The Kier molecular flexibility index (Phi) is 5.73. The van der Waals surface area contributed by atoms with Gasteiger partial charge in [-0.1, -0.05) is 13.3 Å². The van der Waals surface area contributed by atoms with E-state index in [1.54, 1.807) is 4.72 Å². The van der Waals surface area contributed by atoms with Crippen molar-refractivity contribution in [3.05, 3.63) is 0 Å². The molecule has 0 unspecified atom stereocenters. The summed E-state index contributed by atoms with van der Waals surface area (Å²) in [6.07, 6.45) is 0.310. The van der Waals surface area contributed by atoms with Gasteiger partial charge in [-0.15, -0.1) is 0 Å². The van der Waals surface area contributed by atoms with Gasteiger partial charge in [0.2, 0.25) is 0 Å². The minimum Gasteiger partial charge on any atom is -0.311 e. The third kappa shape index (κ3) is 5.07. The lowest BCUT2D eigenvalue weighted by atomic mass is 10.0. The van der Waals surface area contributed by atoms with Gasteiger partial charge in [-0.2, -0.15) is 30.6 Å². The third-order valence-electron chi connectivity index (χ3n) is 4.56. The van der Waals surface area contributed by atoms with Crippen molar-refractivity contribution in [2.24, 2.45) is 5.92 Å². The summed E-state index contributed by atoms with van der Waals surface area (Å²) >= 11 is 0. The van der Waals surface area contributed by atoms with E-state index in [0.717, 1.165) is 10.7 Å². The molecule has 1 saturated heterocycles. The van der Waals surface area contributed by atoms with Crippen LogP contribution in [-0.2, 0) is 10.2 Å². The van der Waals surface area contributed by atoms with Crippen molar-refractivity contribution in [1.82, 2.24) is 14.3 Å². The largest absolute Gasteiger partial charge is 0.402 e. The zero-order chi connectivity index (χ0) is 16.4. The van der Waals surface area contributed by atoms with Crippen LogP contribution in [0.5, 0.6) is 0 Å². The molecule has 0 radical (unpaired) electrons. The van der Waals surface area contributed by atoms with Gasteiger partial charge in [-0.3, -0.25) is 0 Å². The second-order valence-electron chi connectivity index (χ2n) is 6.30. The van der Waals surface area contributed by atoms with E-state index in [2.05, 4.69) is 12.2 Å². The SMILES string of the molecule is C[C@@H]1CCC[C@@H]1NC1CCN(S(=O)(=O)NCC(F)(F)F)CC1. The number of hydrogen-bond donors (Lipinski definition) is 2. The van der Waals surface area contributed by atoms with Crippen LogP contribution in [0.25, 0.3) is 0 Å². The molecule has 9 heteroatoms. The topological polar surface area (TPSA) is 61.4 Å².